The maximum absolute atomic E-state index is 4.84. The van der Waals surface area contributed by atoms with Crippen molar-refractivity contribution in [1.29, 1.82) is 0 Å². The molecule has 0 atom stereocenters. The fraction of sp³-hybridized carbons (Fsp3) is 0.0952. The first-order chi connectivity index (χ1) is 11.8. The Morgan fingerprint density at radius 1 is 0.708 bits per heavy atom. The van der Waals surface area contributed by atoms with E-state index in [0.717, 1.165) is 34.5 Å². The molecule has 0 fully saturated rings. The highest BCUT2D eigenvalue weighted by molar-refractivity contribution is 5.84. The highest BCUT2D eigenvalue weighted by Crippen LogP contribution is 2.30. The number of aromatic nitrogens is 3. The quantitative estimate of drug-likeness (QED) is 0.539. The van der Waals surface area contributed by atoms with E-state index >= 15 is 0 Å². The second-order valence-electron chi connectivity index (χ2n) is 5.68. The molecule has 0 spiro atoms. The summed E-state index contributed by atoms with van der Waals surface area (Å²) in [6.45, 7) is 2.16. The van der Waals surface area contributed by atoms with Gasteiger partial charge in [0.25, 0.3) is 0 Å². The number of nitrogens with zero attached hydrogens (tertiary/aromatic N) is 3. The Balaban J connectivity index is 1.97. The predicted octanol–water partition coefficient (Wildman–Crippen LogP) is 4.92. The summed E-state index contributed by atoms with van der Waals surface area (Å²) in [7, 11) is 0. The normalized spacial score (nSPS) is 10.9. The summed E-state index contributed by atoms with van der Waals surface area (Å²) in [6.07, 6.45) is 2.78. The van der Waals surface area contributed by atoms with E-state index in [-0.39, 0.29) is 0 Å². The fourth-order valence-electron chi connectivity index (χ4n) is 2.79. The minimum atomic E-state index is 0.673. The molecule has 4 aromatic rings. The van der Waals surface area contributed by atoms with Crippen LogP contribution < -0.4 is 0 Å². The van der Waals surface area contributed by atoms with Crippen molar-refractivity contribution < 1.29 is 0 Å². The Kier molecular flexibility index (Phi) is 3.75. The van der Waals surface area contributed by atoms with E-state index in [1.807, 2.05) is 30.3 Å². The van der Waals surface area contributed by atoms with Gasteiger partial charge in [-0.2, -0.15) is 0 Å². The maximum Gasteiger partial charge on any atom is 0.178 e. The van der Waals surface area contributed by atoms with E-state index in [4.69, 9.17) is 9.97 Å². The van der Waals surface area contributed by atoms with E-state index in [1.165, 1.54) is 5.56 Å². The lowest BCUT2D eigenvalue weighted by atomic mass is 10.0. The molecule has 0 unspecified atom stereocenters. The first-order valence-electron chi connectivity index (χ1n) is 8.12. The second-order valence-corrected chi connectivity index (χ2v) is 5.68. The van der Waals surface area contributed by atoms with Crippen LogP contribution in [0.3, 0.4) is 0 Å². The molecule has 24 heavy (non-hydrogen) atoms. The SMILES string of the molecule is CCc1ccc(-c2nc3ncccc3nc2-c2ccccc2)cc1. The lowest BCUT2D eigenvalue weighted by molar-refractivity contribution is 1.14. The molecule has 0 aliphatic rings. The largest absolute Gasteiger partial charge is 0.242 e. The van der Waals surface area contributed by atoms with Gasteiger partial charge in [0, 0.05) is 17.3 Å². The summed E-state index contributed by atoms with van der Waals surface area (Å²) in [6, 6.07) is 22.6. The van der Waals surface area contributed by atoms with Crippen LogP contribution in [0, 0.1) is 0 Å². The molecule has 3 heteroatoms. The summed E-state index contributed by atoms with van der Waals surface area (Å²) >= 11 is 0. The number of benzene rings is 2. The fourth-order valence-corrected chi connectivity index (χ4v) is 2.79. The summed E-state index contributed by atoms with van der Waals surface area (Å²) < 4.78 is 0. The van der Waals surface area contributed by atoms with Gasteiger partial charge in [-0.25, -0.2) is 15.0 Å². The number of rotatable bonds is 3. The molecule has 2 aromatic heterocycles. The van der Waals surface area contributed by atoms with Crippen LogP contribution in [0.1, 0.15) is 12.5 Å². The summed E-state index contributed by atoms with van der Waals surface area (Å²) in [5.41, 5.74) is 6.68. The molecule has 0 amide bonds. The third-order valence-electron chi connectivity index (χ3n) is 4.12. The van der Waals surface area contributed by atoms with Crippen LogP contribution in [-0.2, 0) is 6.42 Å². The molecule has 0 aliphatic heterocycles. The van der Waals surface area contributed by atoms with E-state index in [9.17, 15) is 0 Å². The van der Waals surface area contributed by atoms with Crippen molar-refractivity contribution in [2.45, 2.75) is 13.3 Å². The minimum absolute atomic E-state index is 0.673. The van der Waals surface area contributed by atoms with Crippen LogP contribution >= 0.6 is 0 Å². The molecule has 0 saturated carbocycles. The third-order valence-corrected chi connectivity index (χ3v) is 4.12. The minimum Gasteiger partial charge on any atom is -0.242 e. The molecule has 116 valence electrons. The van der Waals surface area contributed by atoms with Gasteiger partial charge in [-0.05, 0) is 24.1 Å². The van der Waals surface area contributed by atoms with Gasteiger partial charge < -0.3 is 0 Å². The van der Waals surface area contributed by atoms with Crippen molar-refractivity contribution in [2.75, 3.05) is 0 Å². The van der Waals surface area contributed by atoms with Crippen molar-refractivity contribution in [3.63, 3.8) is 0 Å². The van der Waals surface area contributed by atoms with E-state index in [1.54, 1.807) is 6.20 Å². The predicted molar refractivity (Wildman–Crippen MR) is 97.6 cm³/mol. The van der Waals surface area contributed by atoms with Gasteiger partial charge in [-0.3, -0.25) is 0 Å². The Labute approximate surface area is 141 Å². The highest BCUT2D eigenvalue weighted by atomic mass is 14.9. The second kappa shape index (κ2) is 6.20. The van der Waals surface area contributed by atoms with Gasteiger partial charge in [0.1, 0.15) is 5.52 Å². The van der Waals surface area contributed by atoms with Gasteiger partial charge in [-0.15, -0.1) is 0 Å². The highest BCUT2D eigenvalue weighted by Gasteiger charge is 2.13. The molecule has 0 saturated heterocycles. The molecular weight excluding hydrogens is 294 g/mol. The van der Waals surface area contributed by atoms with Crippen LogP contribution in [-0.4, -0.2) is 15.0 Å². The number of pyridine rings is 1. The molecule has 3 nitrogen and oxygen atoms in total. The summed E-state index contributed by atoms with van der Waals surface area (Å²) in [5, 5.41) is 0. The zero-order valence-electron chi connectivity index (χ0n) is 13.5. The van der Waals surface area contributed by atoms with Gasteiger partial charge in [-0.1, -0.05) is 61.5 Å². The molecule has 0 bridgehead atoms. The standard InChI is InChI=1S/C21H17N3/c1-2-15-10-12-17(13-11-15)20-19(16-7-4-3-5-8-16)23-18-9-6-14-22-21(18)24-20/h3-14H,2H2,1H3. The zero-order valence-corrected chi connectivity index (χ0v) is 13.5. The summed E-state index contributed by atoms with van der Waals surface area (Å²) in [5.74, 6) is 0. The van der Waals surface area contributed by atoms with Crippen molar-refractivity contribution in [3.05, 3.63) is 78.5 Å². The van der Waals surface area contributed by atoms with Crippen LogP contribution in [0.25, 0.3) is 33.7 Å². The average molecular weight is 311 g/mol. The molecule has 0 aliphatic carbocycles. The zero-order chi connectivity index (χ0) is 16.4. The first kappa shape index (κ1) is 14.5. The topological polar surface area (TPSA) is 38.7 Å². The van der Waals surface area contributed by atoms with Crippen molar-refractivity contribution >= 4 is 11.2 Å². The number of hydrogen-bond acceptors (Lipinski definition) is 3. The number of fused-ring (bicyclic) bond motifs is 1. The van der Waals surface area contributed by atoms with Gasteiger partial charge in [0.2, 0.25) is 0 Å². The van der Waals surface area contributed by atoms with Crippen LogP contribution in [0.2, 0.25) is 0 Å². The Morgan fingerprint density at radius 3 is 2.17 bits per heavy atom. The molecule has 0 radical (unpaired) electrons. The van der Waals surface area contributed by atoms with Crippen LogP contribution in [0.4, 0.5) is 0 Å². The molecule has 2 aromatic carbocycles. The van der Waals surface area contributed by atoms with Gasteiger partial charge in [0.15, 0.2) is 5.65 Å². The molecule has 4 rings (SSSR count). The van der Waals surface area contributed by atoms with Gasteiger partial charge in [0.05, 0.1) is 11.4 Å². The van der Waals surface area contributed by atoms with Gasteiger partial charge >= 0.3 is 0 Å². The lowest BCUT2D eigenvalue weighted by Crippen LogP contribution is -1.96. The lowest BCUT2D eigenvalue weighted by Gasteiger charge is -2.10. The monoisotopic (exact) mass is 311 g/mol. The van der Waals surface area contributed by atoms with Crippen molar-refractivity contribution in [1.82, 2.24) is 15.0 Å². The average Bonchev–Trinajstić information content (AvgIpc) is 2.68. The Hall–Kier alpha value is -3.07. The first-order valence-corrected chi connectivity index (χ1v) is 8.12. The number of aryl methyl sites for hydroxylation is 1. The molecule has 0 N–H and O–H groups in total. The van der Waals surface area contributed by atoms with Crippen LogP contribution in [0.5, 0.6) is 0 Å². The van der Waals surface area contributed by atoms with Crippen molar-refractivity contribution in [3.8, 4) is 22.5 Å². The van der Waals surface area contributed by atoms with Crippen LogP contribution in [0.15, 0.2) is 72.9 Å². The smallest absolute Gasteiger partial charge is 0.178 e. The van der Waals surface area contributed by atoms with E-state index < -0.39 is 0 Å². The van der Waals surface area contributed by atoms with E-state index in [2.05, 4.69) is 48.3 Å². The van der Waals surface area contributed by atoms with Crippen molar-refractivity contribution in [2.24, 2.45) is 0 Å². The molecule has 2 heterocycles. The number of hydrogen-bond donors (Lipinski definition) is 0. The third kappa shape index (κ3) is 2.65. The Morgan fingerprint density at radius 2 is 1.42 bits per heavy atom. The summed E-state index contributed by atoms with van der Waals surface area (Å²) in [4.78, 5) is 14.0. The van der Waals surface area contributed by atoms with E-state index in [0.29, 0.717) is 5.65 Å². The Bertz CT molecular complexity index is 977. The molecular formula is C21H17N3. The maximum atomic E-state index is 4.84.